The van der Waals surface area contributed by atoms with Gasteiger partial charge in [-0.2, -0.15) is 0 Å². The van der Waals surface area contributed by atoms with E-state index in [1.165, 1.54) is 4.90 Å². The van der Waals surface area contributed by atoms with Crippen molar-refractivity contribution in [3.8, 4) is 17.2 Å². The Morgan fingerprint density at radius 1 is 0.912 bits per heavy atom. The smallest absolute Gasteiger partial charge is 0.251 e. The lowest BCUT2D eigenvalue weighted by atomic mass is 9.86. The van der Waals surface area contributed by atoms with Crippen LogP contribution in [-0.4, -0.2) is 48.6 Å². The van der Waals surface area contributed by atoms with Crippen LogP contribution in [0.15, 0.2) is 66.7 Å². The number of hydrogen-bond donors (Lipinski definition) is 1. The van der Waals surface area contributed by atoms with Gasteiger partial charge in [-0.15, -0.1) is 0 Å². The van der Waals surface area contributed by atoms with E-state index in [1.807, 2.05) is 42.5 Å². The number of para-hydroxylation sites is 1. The Bertz CT molecular complexity index is 1230. The van der Waals surface area contributed by atoms with E-state index in [-0.39, 0.29) is 30.0 Å². The fourth-order valence-electron chi connectivity index (χ4n) is 5.05. The highest BCUT2D eigenvalue weighted by atomic mass is 16.5. The molecule has 174 valence electrons. The number of fused-ring (bicyclic) bond motifs is 1. The van der Waals surface area contributed by atoms with Crippen molar-refractivity contribution in [1.82, 2.24) is 4.90 Å². The lowest BCUT2D eigenvalue weighted by molar-refractivity contribution is -0.123. The van der Waals surface area contributed by atoms with Crippen LogP contribution in [-0.2, 0) is 16.0 Å². The molecule has 3 aromatic carbocycles. The molecular formula is C27H26N2O5. The van der Waals surface area contributed by atoms with E-state index in [1.54, 1.807) is 38.5 Å². The van der Waals surface area contributed by atoms with Crippen molar-refractivity contribution in [2.45, 2.75) is 24.9 Å². The molecular weight excluding hydrogens is 432 g/mol. The molecule has 1 N–H and O–H groups in total. The topological polar surface area (TPSA) is 79.3 Å². The van der Waals surface area contributed by atoms with Crippen molar-refractivity contribution in [2.75, 3.05) is 25.7 Å². The van der Waals surface area contributed by atoms with Crippen LogP contribution in [0.3, 0.4) is 0 Å². The number of phenols is 1. The van der Waals surface area contributed by atoms with Gasteiger partial charge in [-0.05, 0) is 59.5 Å². The molecule has 1 fully saturated rings. The Balaban J connectivity index is 1.59. The summed E-state index contributed by atoms with van der Waals surface area (Å²) in [5.74, 6) is 1.00. The molecule has 2 aliphatic rings. The van der Waals surface area contributed by atoms with Gasteiger partial charge in [-0.1, -0.05) is 30.3 Å². The second-order valence-electron chi connectivity index (χ2n) is 8.51. The number of carbonyl (C=O) groups is 2. The van der Waals surface area contributed by atoms with E-state index in [2.05, 4.69) is 4.90 Å². The fraction of sp³-hybridized carbons (Fsp3) is 0.259. The molecule has 7 nitrogen and oxygen atoms in total. The summed E-state index contributed by atoms with van der Waals surface area (Å²) in [4.78, 5) is 29.9. The molecule has 3 aromatic rings. The van der Waals surface area contributed by atoms with Crippen LogP contribution in [0.25, 0.3) is 0 Å². The van der Waals surface area contributed by atoms with Gasteiger partial charge < -0.3 is 14.6 Å². The summed E-state index contributed by atoms with van der Waals surface area (Å²) in [5, 5.41) is 9.86. The number of rotatable bonds is 5. The molecule has 0 aliphatic carbocycles. The average Bonchev–Trinajstić information content (AvgIpc) is 3.16. The van der Waals surface area contributed by atoms with Gasteiger partial charge >= 0.3 is 0 Å². The number of anilines is 1. The highest BCUT2D eigenvalue weighted by Crippen LogP contribution is 2.43. The van der Waals surface area contributed by atoms with Gasteiger partial charge in [0.2, 0.25) is 5.91 Å². The van der Waals surface area contributed by atoms with E-state index in [0.717, 1.165) is 16.7 Å². The summed E-state index contributed by atoms with van der Waals surface area (Å²) < 4.78 is 11.1. The Hall–Kier alpha value is -3.84. The number of ether oxygens (including phenoxy) is 2. The highest BCUT2D eigenvalue weighted by molar-refractivity contribution is 6.22. The lowest BCUT2D eigenvalue weighted by Crippen LogP contribution is -2.47. The zero-order chi connectivity index (χ0) is 23.8. The number of aromatic hydroxyl groups is 1. The van der Waals surface area contributed by atoms with Gasteiger partial charge in [-0.25, -0.2) is 4.90 Å². The largest absolute Gasteiger partial charge is 0.508 e. The number of methoxy groups -OCH3 is 2. The zero-order valence-electron chi connectivity index (χ0n) is 19.1. The average molecular weight is 459 g/mol. The Morgan fingerprint density at radius 3 is 2.26 bits per heavy atom. The van der Waals surface area contributed by atoms with E-state index >= 15 is 0 Å². The molecule has 1 saturated heterocycles. The van der Waals surface area contributed by atoms with Crippen LogP contribution in [0.5, 0.6) is 17.2 Å². The summed E-state index contributed by atoms with van der Waals surface area (Å²) in [7, 11) is 3.20. The SMILES string of the molecule is COc1cc2c(cc1OC)[C@@H](c1ccc(O)cc1)N([C@H]1CC(=O)N(c3ccccc3)C1=O)CC2. The number of carbonyl (C=O) groups excluding carboxylic acids is 2. The van der Waals surface area contributed by atoms with Crippen molar-refractivity contribution in [3.63, 3.8) is 0 Å². The Morgan fingerprint density at radius 2 is 1.59 bits per heavy atom. The van der Waals surface area contributed by atoms with E-state index < -0.39 is 6.04 Å². The molecule has 0 aromatic heterocycles. The molecule has 2 heterocycles. The summed E-state index contributed by atoms with van der Waals surface area (Å²) in [5.41, 5.74) is 3.60. The molecule has 2 aliphatic heterocycles. The van der Waals surface area contributed by atoms with Gasteiger partial charge in [0.1, 0.15) is 5.75 Å². The molecule has 2 atom stereocenters. The summed E-state index contributed by atoms with van der Waals surface area (Å²) in [6, 6.07) is 19.1. The van der Waals surface area contributed by atoms with Crippen molar-refractivity contribution < 1.29 is 24.2 Å². The van der Waals surface area contributed by atoms with Crippen LogP contribution < -0.4 is 14.4 Å². The van der Waals surface area contributed by atoms with Crippen LogP contribution in [0.2, 0.25) is 0 Å². The van der Waals surface area contributed by atoms with Crippen LogP contribution in [0.1, 0.15) is 29.2 Å². The fourth-order valence-corrected chi connectivity index (χ4v) is 5.05. The van der Waals surface area contributed by atoms with E-state index in [0.29, 0.717) is 30.2 Å². The number of phenolic OH excluding ortho intramolecular Hbond substituents is 1. The third-order valence-electron chi connectivity index (χ3n) is 6.66. The number of nitrogens with zero attached hydrogens (tertiary/aromatic N) is 2. The summed E-state index contributed by atoms with van der Waals surface area (Å²) in [6.07, 6.45) is 0.818. The minimum Gasteiger partial charge on any atom is -0.508 e. The quantitative estimate of drug-likeness (QED) is 0.588. The van der Waals surface area contributed by atoms with Crippen LogP contribution in [0, 0.1) is 0 Å². The van der Waals surface area contributed by atoms with Crippen LogP contribution in [0.4, 0.5) is 5.69 Å². The third-order valence-corrected chi connectivity index (χ3v) is 6.66. The molecule has 0 spiro atoms. The first-order valence-corrected chi connectivity index (χ1v) is 11.2. The first-order valence-electron chi connectivity index (χ1n) is 11.2. The van der Waals surface area contributed by atoms with Crippen molar-refractivity contribution in [1.29, 1.82) is 0 Å². The second-order valence-corrected chi connectivity index (χ2v) is 8.51. The van der Waals surface area contributed by atoms with E-state index in [9.17, 15) is 14.7 Å². The monoisotopic (exact) mass is 458 g/mol. The number of benzene rings is 3. The van der Waals surface area contributed by atoms with Gasteiger partial charge in [0.05, 0.1) is 38.4 Å². The maximum Gasteiger partial charge on any atom is 0.251 e. The first kappa shape index (κ1) is 22.0. The number of hydrogen-bond acceptors (Lipinski definition) is 6. The maximum atomic E-state index is 13.6. The molecule has 0 unspecified atom stereocenters. The minimum absolute atomic E-state index is 0.116. The second kappa shape index (κ2) is 8.83. The third kappa shape index (κ3) is 3.68. The minimum atomic E-state index is -0.590. The predicted octanol–water partition coefficient (Wildman–Crippen LogP) is 3.69. The van der Waals surface area contributed by atoms with Gasteiger partial charge in [0.15, 0.2) is 11.5 Å². The Kier molecular flexibility index (Phi) is 5.71. The summed E-state index contributed by atoms with van der Waals surface area (Å²) >= 11 is 0. The predicted molar refractivity (Wildman–Crippen MR) is 127 cm³/mol. The molecule has 0 saturated carbocycles. The van der Waals surface area contributed by atoms with Crippen molar-refractivity contribution in [3.05, 3.63) is 83.4 Å². The first-order chi connectivity index (χ1) is 16.5. The van der Waals surface area contributed by atoms with Crippen LogP contribution >= 0.6 is 0 Å². The molecule has 0 radical (unpaired) electrons. The van der Waals surface area contributed by atoms with Crippen molar-refractivity contribution in [2.24, 2.45) is 0 Å². The highest BCUT2D eigenvalue weighted by Gasteiger charge is 2.46. The normalized spacial score (nSPS) is 20.4. The molecule has 2 amide bonds. The molecule has 5 rings (SSSR count). The van der Waals surface area contributed by atoms with Gasteiger partial charge in [-0.3, -0.25) is 14.5 Å². The van der Waals surface area contributed by atoms with E-state index in [4.69, 9.17) is 9.47 Å². The Labute approximate surface area is 198 Å². The number of amides is 2. The zero-order valence-corrected chi connectivity index (χ0v) is 19.1. The van der Waals surface area contributed by atoms with Crippen molar-refractivity contribution >= 4 is 17.5 Å². The molecule has 7 heteroatoms. The standard InChI is InChI=1S/C27H26N2O5/c1-33-23-14-18-12-13-28(22-16-25(31)29(27(22)32)19-6-4-3-5-7-19)26(21(18)15-24(23)34-2)17-8-10-20(30)11-9-17/h3-11,14-15,22,26,30H,12-13,16H2,1-2H3/t22-,26+/m0/s1. The van der Waals surface area contributed by atoms with Gasteiger partial charge in [0, 0.05) is 6.54 Å². The summed E-state index contributed by atoms with van der Waals surface area (Å²) in [6.45, 7) is 0.598. The molecule has 34 heavy (non-hydrogen) atoms. The van der Waals surface area contributed by atoms with Gasteiger partial charge in [0.25, 0.3) is 5.91 Å². The number of imide groups is 1. The molecule has 0 bridgehead atoms. The maximum absolute atomic E-state index is 13.6. The lowest BCUT2D eigenvalue weighted by Gasteiger charge is -2.40.